The fourth-order valence-corrected chi connectivity index (χ4v) is 3.15. The molecule has 3 aromatic rings. The summed E-state index contributed by atoms with van der Waals surface area (Å²) in [5.74, 6) is 2.85. The second kappa shape index (κ2) is 9.69. The first-order chi connectivity index (χ1) is 12.4. The smallest absolute Gasteiger partial charge is 0.166 e. The zero-order valence-electron chi connectivity index (χ0n) is 15.7. The molecule has 0 aliphatic heterocycles. The Morgan fingerprint density at radius 3 is 2.54 bits per heavy atom. The molecule has 0 fully saturated rings. The monoisotopic (exact) mass is 393 g/mol. The normalized spacial score (nSPS) is 10.6. The fourth-order valence-electron chi connectivity index (χ4n) is 2.08. The minimum absolute atomic E-state index is 0.558. The molecule has 5 nitrogen and oxygen atoms in total. The second-order valence-electron chi connectivity index (χ2n) is 6.22. The van der Waals surface area contributed by atoms with Gasteiger partial charge in [-0.2, -0.15) is 0 Å². The molecule has 1 aromatic carbocycles. The van der Waals surface area contributed by atoms with Crippen molar-refractivity contribution in [1.29, 1.82) is 0 Å². The first-order valence-electron chi connectivity index (χ1n) is 8.28. The number of thioether (sulfide) groups is 1. The lowest BCUT2D eigenvalue weighted by molar-refractivity contribution is 0.409. The van der Waals surface area contributed by atoms with Crippen molar-refractivity contribution in [1.82, 2.24) is 15.0 Å². The maximum atomic E-state index is 6.10. The number of methoxy groups -OCH3 is 2. The first kappa shape index (κ1) is 20.4. The lowest BCUT2D eigenvalue weighted by Gasteiger charge is -2.07. The molecule has 1 N–H and O–H groups in total. The van der Waals surface area contributed by atoms with Gasteiger partial charge in [0.2, 0.25) is 0 Å². The van der Waals surface area contributed by atoms with Gasteiger partial charge in [-0.25, -0.2) is 4.98 Å². The average molecular weight is 394 g/mol. The molecular formula is C19H24ClN3O2S. The van der Waals surface area contributed by atoms with Crippen LogP contribution in [0.3, 0.4) is 0 Å². The van der Waals surface area contributed by atoms with Crippen LogP contribution in [0.1, 0.15) is 26.5 Å². The number of aromatic amines is 1. The van der Waals surface area contributed by atoms with E-state index in [0.29, 0.717) is 16.5 Å². The van der Waals surface area contributed by atoms with Gasteiger partial charge in [0.25, 0.3) is 0 Å². The van der Waals surface area contributed by atoms with Crippen LogP contribution in [0.5, 0.6) is 11.5 Å². The molecule has 0 radical (unpaired) electrons. The van der Waals surface area contributed by atoms with Gasteiger partial charge in [0, 0.05) is 18.0 Å². The van der Waals surface area contributed by atoms with E-state index in [1.807, 2.05) is 18.2 Å². The molecular weight excluding hydrogens is 370 g/mol. The summed E-state index contributed by atoms with van der Waals surface area (Å²) in [6.07, 6.45) is 1.67. The number of fused-ring (bicyclic) bond motifs is 1. The summed E-state index contributed by atoms with van der Waals surface area (Å²) >= 11 is 7.64. The third-order valence-corrected chi connectivity index (χ3v) is 4.33. The fraction of sp³-hybridized carbons (Fsp3) is 0.368. The molecule has 140 valence electrons. The molecule has 0 amide bonds. The Morgan fingerprint density at radius 1 is 1.15 bits per heavy atom. The lowest BCUT2D eigenvalue weighted by Crippen LogP contribution is -1.94. The molecule has 0 atom stereocenters. The van der Waals surface area contributed by atoms with Crippen LogP contribution in [-0.2, 0) is 5.75 Å². The standard InChI is InChI=1S/C15H14ClN3O2S.C4H10/c1-20-9-3-4-11-12(7-9)19-15(18-11)22-8-13-14(21-2)10(16)5-6-17-13;1-4(2)3/h3-7H,8H2,1-2H3,(H,18,19);4H,1-3H3. The Morgan fingerprint density at radius 2 is 1.88 bits per heavy atom. The lowest BCUT2D eigenvalue weighted by atomic mass is 10.3. The van der Waals surface area contributed by atoms with Crippen molar-refractivity contribution in [3.8, 4) is 11.5 Å². The van der Waals surface area contributed by atoms with E-state index in [9.17, 15) is 0 Å². The summed E-state index contributed by atoms with van der Waals surface area (Å²) in [6, 6.07) is 7.44. The van der Waals surface area contributed by atoms with Gasteiger partial charge in [-0.15, -0.1) is 0 Å². The van der Waals surface area contributed by atoms with Crippen molar-refractivity contribution in [3.63, 3.8) is 0 Å². The molecule has 0 saturated heterocycles. The summed E-state index contributed by atoms with van der Waals surface area (Å²) in [5, 5.41) is 1.37. The molecule has 0 aliphatic carbocycles. The van der Waals surface area contributed by atoms with E-state index >= 15 is 0 Å². The molecule has 0 spiro atoms. The van der Waals surface area contributed by atoms with Crippen LogP contribution in [0.15, 0.2) is 35.6 Å². The summed E-state index contributed by atoms with van der Waals surface area (Å²) < 4.78 is 10.5. The van der Waals surface area contributed by atoms with Crippen LogP contribution in [0.25, 0.3) is 11.0 Å². The van der Waals surface area contributed by atoms with Crippen LogP contribution in [-0.4, -0.2) is 29.2 Å². The molecule has 26 heavy (non-hydrogen) atoms. The highest BCUT2D eigenvalue weighted by Crippen LogP contribution is 2.31. The van der Waals surface area contributed by atoms with E-state index in [-0.39, 0.29) is 0 Å². The second-order valence-corrected chi connectivity index (χ2v) is 7.59. The predicted molar refractivity (Wildman–Crippen MR) is 109 cm³/mol. The number of rotatable bonds is 5. The summed E-state index contributed by atoms with van der Waals surface area (Å²) in [4.78, 5) is 12.1. The van der Waals surface area contributed by atoms with Gasteiger partial charge < -0.3 is 14.5 Å². The van der Waals surface area contributed by atoms with Crippen LogP contribution >= 0.6 is 23.4 Å². The van der Waals surface area contributed by atoms with Crippen molar-refractivity contribution in [2.45, 2.75) is 31.7 Å². The number of nitrogens with one attached hydrogen (secondary N) is 1. The van der Waals surface area contributed by atoms with Gasteiger partial charge in [0.1, 0.15) is 5.75 Å². The maximum Gasteiger partial charge on any atom is 0.166 e. The third-order valence-electron chi connectivity index (χ3n) is 3.15. The van der Waals surface area contributed by atoms with E-state index in [4.69, 9.17) is 21.1 Å². The number of nitrogens with zero attached hydrogens (tertiary/aromatic N) is 2. The van der Waals surface area contributed by atoms with Crippen LogP contribution < -0.4 is 9.47 Å². The van der Waals surface area contributed by atoms with Crippen LogP contribution in [0, 0.1) is 5.92 Å². The third kappa shape index (κ3) is 5.54. The Bertz CT molecular complexity index is 849. The van der Waals surface area contributed by atoms with Gasteiger partial charge in [0.15, 0.2) is 10.9 Å². The highest BCUT2D eigenvalue weighted by atomic mass is 35.5. The number of imidazole rings is 1. The van der Waals surface area contributed by atoms with Gasteiger partial charge in [-0.3, -0.25) is 4.98 Å². The zero-order chi connectivity index (χ0) is 19.1. The number of benzene rings is 1. The first-order valence-corrected chi connectivity index (χ1v) is 9.64. The van der Waals surface area contributed by atoms with Gasteiger partial charge in [-0.1, -0.05) is 44.1 Å². The molecule has 0 saturated carbocycles. The van der Waals surface area contributed by atoms with Crippen LogP contribution in [0.4, 0.5) is 0 Å². The van der Waals surface area contributed by atoms with Crippen molar-refractivity contribution in [3.05, 3.63) is 41.2 Å². The summed E-state index contributed by atoms with van der Waals surface area (Å²) in [6.45, 7) is 6.50. The molecule has 2 aromatic heterocycles. The van der Waals surface area contributed by atoms with Crippen molar-refractivity contribution in [2.75, 3.05) is 14.2 Å². The number of hydrogen-bond donors (Lipinski definition) is 1. The molecule has 0 unspecified atom stereocenters. The van der Waals surface area contributed by atoms with Crippen molar-refractivity contribution >= 4 is 34.4 Å². The SMILES string of the molecule is CC(C)C.COc1ccc2nc(SCc3nccc(Cl)c3OC)[nH]c2c1. The number of aromatic nitrogens is 3. The molecule has 0 aliphatic rings. The molecule has 2 heterocycles. The van der Waals surface area contributed by atoms with Crippen LogP contribution in [0.2, 0.25) is 5.02 Å². The minimum Gasteiger partial charge on any atom is -0.497 e. The van der Waals surface area contributed by atoms with Gasteiger partial charge in [0.05, 0.1) is 36.0 Å². The van der Waals surface area contributed by atoms with Crippen molar-refractivity contribution in [2.24, 2.45) is 5.92 Å². The number of H-pyrrole nitrogens is 1. The summed E-state index contributed by atoms with van der Waals surface area (Å²) in [7, 11) is 3.23. The number of halogens is 1. The zero-order valence-corrected chi connectivity index (χ0v) is 17.2. The molecule has 0 bridgehead atoms. The van der Waals surface area contributed by atoms with Gasteiger partial charge in [-0.05, 0) is 24.1 Å². The average Bonchev–Trinajstić information content (AvgIpc) is 3.01. The maximum absolute atomic E-state index is 6.10. The van der Waals surface area contributed by atoms with E-state index in [1.54, 1.807) is 38.2 Å². The quantitative estimate of drug-likeness (QED) is 0.573. The highest BCUT2D eigenvalue weighted by molar-refractivity contribution is 7.98. The Kier molecular flexibility index (Phi) is 7.60. The van der Waals surface area contributed by atoms with E-state index in [2.05, 4.69) is 35.7 Å². The number of ether oxygens (including phenoxy) is 2. The molecule has 7 heteroatoms. The summed E-state index contributed by atoms with van der Waals surface area (Å²) in [5.41, 5.74) is 2.63. The highest BCUT2D eigenvalue weighted by Gasteiger charge is 2.11. The van der Waals surface area contributed by atoms with Crippen molar-refractivity contribution < 1.29 is 9.47 Å². The van der Waals surface area contributed by atoms with E-state index in [0.717, 1.165) is 33.6 Å². The molecule has 3 rings (SSSR count). The van der Waals surface area contributed by atoms with Gasteiger partial charge >= 0.3 is 0 Å². The predicted octanol–water partition coefficient (Wildman–Crippen LogP) is 5.58. The Balaban J connectivity index is 0.000000552. The Hall–Kier alpha value is -1.92. The largest absolute Gasteiger partial charge is 0.497 e. The van der Waals surface area contributed by atoms with E-state index in [1.165, 1.54) is 0 Å². The number of pyridine rings is 1. The minimum atomic E-state index is 0.558. The topological polar surface area (TPSA) is 60.0 Å². The number of hydrogen-bond acceptors (Lipinski definition) is 5. The Labute approximate surface area is 163 Å². The van der Waals surface area contributed by atoms with E-state index < -0.39 is 0 Å².